The zero-order valence-corrected chi connectivity index (χ0v) is 66.4. The van der Waals surface area contributed by atoms with Crippen molar-refractivity contribution in [1.29, 1.82) is 0 Å². The predicted octanol–water partition coefficient (Wildman–Crippen LogP) is 27.0. The smallest absolute Gasteiger partial charge is 0.361 e. The number of ether oxygens (including phenoxy) is 4. The molecule has 0 radical (unpaired) electrons. The lowest BCUT2D eigenvalue weighted by Crippen LogP contribution is -2.40. The molecule has 0 aromatic rings. The number of carbonyl (C=O) groups is 3. The number of esters is 2. The Morgan fingerprint density at radius 2 is 0.524 bits per heavy atom. The van der Waals surface area contributed by atoms with Gasteiger partial charge in [0.15, 0.2) is 6.10 Å². The predicted molar refractivity (Wildman–Crippen MR) is 446 cm³/mol. The summed E-state index contributed by atoms with van der Waals surface area (Å²) < 4.78 is 23.0. The van der Waals surface area contributed by atoms with E-state index in [0.29, 0.717) is 17.4 Å². The molecule has 0 aliphatic heterocycles. The van der Waals surface area contributed by atoms with E-state index >= 15 is 0 Å². The van der Waals surface area contributed by atoms with Crippen LogP contribution >= 0.6 is 0 Å². The molecule has 0 saturated carbocycles. The molecule has 0 aromatic carbocycles. The Hall–Kier alpha value is -6.13. The Kier molecular flexibility index (Phi) is 76.7. The van der Waals surface area contributed by atoms with Crippen molar-refractivity contribution < 1.29 is 42.9 Å². The molecule has 2 unspecified atom stereocenters. The third-order valence-electron chi connectivity index (χ3n) is 17.0. The summed E-state index contributed by atoms with van der Waals surface area (Å²) in [5, 5.41) is 9.78. The summed E-state index contributed by atoms with van der Waals surface area (Å²) in [6, 6.07) is 0. The van der Waals surface area contributed by atoms with Crippen molar-refractivity contribution in [2.45, 2.75) is 322 Å². The van der Waals surface area contributed by atoms with Gasteiger partial charge in [-0.3, -0.25) is 9.59 Å². The highest BCUT2D eigenvalue weighted by atomic mass is 16.7. The second kappa shape index (κ2) is 81.5. The van der Waals surface area contributed by atoms with Crippen molar-refractivity contribution in [3.05, 3.63) is 207 Å². The summed E-state index contributed by atoms with van der Waals surface area (Å²) in [6.07, 6.45) is 124. The number of carbonyl (C=O) groups excluding carboxylic acids is 2. The van der Waals surface area contributed by atoms with Crippen molar-refractivity contribution in [3.63, 3.8) is 0 Å². The van der Waals surface area contributed by atoms with Crippen LogP contribution in [0.5, 0.6) is 0 Å². The molecule has 103 heavy (non-hydrogen) atoms. The number of nitrogens with zero attached hydrogens (tertiary/aromatic N) is 1. The standard InChI is InChI=1S/C94H151NO8/c1-6-8-10-12-14-16-18-20-22-24-26-28-30-32-34-36-38-40-42-44-46-48-50-52-54-56-58-60-62-64-66-68-70-72-74-76-78-80-82-84-91(96)101-88-90(89-102-94(93(98)99)100-87-86-95(3,4)5)103-92(97)85-83-81-79-77-75-73-71-69-67-65-63-61-59-57-55-53-51-49-47-45-43-41-39-37-35-33-31-29-27-25-23-21-19-17-15-13-11-9-7-2/h8-11,14-17,20-23,26-29,32-35,38-41,45,47,51,53,57,59,63,65,69,71,90,94H,6-7,12-13,18-19,24-25,30-31,36-37,42-44,46,48-50,52,54-56,58,60-62,64,66-68,70,72-89H2,1-5H3/p+1/b10-8-,11-9-,16-14-,17-15-,22-20-,23-21-,28-26-,29-27-,34-32-,35-33-,40-38-,41-39-,47-45-,53-51-,59-57-,65-63-,71-69-. The van der Waals surface area contributed by atoms with Crippen molar-refractivity contribution >= 4 is 17.9 Å². The van der Waals surface area contributed by atoms with Crippen molar-refractivity contribution in [2.24, 2.45) is 0 Å². The number of aliphatic carboxylic acids is 1. The van der Waals surface area contributed by atoms with Gasteiger partial charge >= 0.3 is 17.9 Å². The summed E-state index contributed by atoms with van der Waals surface area (Å²) in [7, 11) is 5.97. The van der Waals surface area contributed by atoms with E-state index in [1.54, 1.807) is 0 Å². The Morgan fingerprint density at radius 3 is 0.777 bits per heavy atom. The zero-order valence-electron chi connectivity index (χ0n) is 66.4. The average Bonchev–Trinajstić information content (AvgIpc) is 0.985. The van der Waals surface area contributed by atoms with Gasteiger partial charge in [0, 0.05) is 12.8 Å². The number of hydrogen-bond donors (Lipinski definition) is 1. The summed E-state index contributed by atoms with van der Waals surface area (Å²) in [4.78, 5) is 37.8. The third kappa shape index (κ3) is 83.0. The number of hydrogen-bond acceptors (Lipinski definition) is 7. The van der Waals surface area contributed by atoms with E-state index in [0.717, 1.165) is 161 Å². The molecule has 2 atom stereocenters. The SMILES string of the molecule is CC/C=C\C/C=C\C/C=C\C/C=C\C/C=C\C/C=C\C/C=C\C/C=C\C/C=C\C/C=C\C/C=C\CCCCCCCC(=O)OC(COC(=O)CCCCCCCCCCCCCCCCCCCCCC/C=C\C/C=C\C/C=C\C/C=C\C/C=C\C/C=C\CC)COC(OCC[N+](C)(C)C)C(=O)O. The highest BCUT2D eigenvalue weighted by Crippen LogP contribution is 2.17. The molecule has 0 fully saturated rings. The molecule has 9 nitrogen and oxygen atoms in total. The van der Waals surface area contributed by atoms with Crippen molar-refractivity contribution in [2.75, 3.05) is 47.5 Å². The fourth-order valence-electron chi connectivity index (χ4n) is 10.8. The first-order chi connectivity index (χ1) is 50.6. The number of unbranched alkanes of at least 4 members (excludes halogenated alkanes) is 25. The normalized spacial score (nSPS) is 13.8. The van der Waals surface area contributed by atoms with Gasteiger partial charge in [0.2, 0.25) is 0 Å². The van der Waals surface area contributed by atoms with Crippen LogP contribution in [0.1, 0.15) is 309 Å². The summed E-state index contributed by atoms with van der Waals surface area (Å²) in [6.45, 7) is 4.62. The Balaban J connectivity index is 4.12. The molecule has 0 amide bonds. The van der Waals surface area contributed by atoms with Crippen LogP contribution in [0.15, 0.2) is 207 Å². The first-order valence-electron chi connectivity index (χ1n) is 41.2. The van der Waals surface area contributed by atoms with Gasteiger partial charge in [-0.25, -0.2) is 4.79 Å². The van der Waals surface area contributed by atoms with Crippen LogP contribution in [0.25, 0.3) is 0 Å². The number of allylic oxidation sites excluding steroid dienone is 34. The maximum absolute atomic E-state index is 13.0. The molecule has 0 saturated heterocycles. The van der Waals surface area contributed by atoms with Gasteiger partial charge in [0.05, 0.1) is 34.4 Å². The van der Waals surface area contributed by atoms with E-state index < -0.39 is 24.3 Å². The fourth-order valence-corrected chi connectivity index (χ4v) is 10.8. The lowest BCUT2D eigenvalue weighted by atomic mass is 10.0. The van der Waals surface area contributed by atoms with Crippen LogP contribution in [0, 0.1) is 0 Å². The van der Waals surface area contributed by atoms with Gasteiger partial charge in [0.25, 0.3) is 6.29 Å². The topological polar surface area (TPSA) is 108 Å². The average molecular weight is 1420 g/mol. The van der Waals surface area contributed by atoms with Gasteiger partial charge in [0.1, 0.15) is 13.2 Å². The molecule has 0 aliphatic carbocycles. The lowest BCUT2D eigenvalue weighted by molar-refractivity contribution is -0.870. The number of carboxylic acids is 1. The quantitative estimate of drug-likeness (QED) is 0.0211. The van der Waals surface area contributed by atoms with Crippen LogP contribution in [-0.2, 0) is 33.3 Å². The second-order valence-electron chi connectivity index (χ2n) is 28.0. The van der Waals surface area contributed by atoms with Gasteiger partial charge in [-0.1, -0.05) is 355 Å². The third-order valence-corrected chi connectivity index (χ3v) is 17.0. The molecule has 0 spiro atoms. The summed E-state index contributed by atoms with van der Waals surface area (Å²) in [5.41, 5.74) is 0. The molecule has 0 rings (SSSR count). The molecule has 0 aromatic heterocycles. The van der Waals surface area contributed by atoms with E-state index in [2.05, 4.69) is 220 Å². The number of likely N-dealkylation sites (N-methyl/N-ethyl adjacent to an activating group) is 1. The highest BCUT2D eigenvalue weighted by molar-refractivity contribution is 5.71. The van der Waals surface area contributed by atoms with Crippen LogP contribution in [0.2, 0.25) is 0 Å². The number of carboxylic acid groups (broad SMARTS) is 1. The molecule has 0 aliphatic rings. The van der Waals surface area contributed by atoms with E-state index in [1.165, 1.54) is 116 Å². The Bertz CT molecular complexity index is 2460. The first kappa shape index (κ1) is 96.9. The van der Waals surface area contributed by atoms with E-state index in [9.17, 15) is 19.5 Å². The maximum atomic E-state index is 13.0. The largest absolute Gasteiger partial charge is 0.477 e. The van der Waals surface area contributed by atoms with Gasteiger partial charge in [-0.05, 0) is 148 Å². The fraction of sp³-hybridized carbons (Fsp3) is 0.606. The van der Waals surface area contributed by atoms with Gasteiger partial charge in [-0.15, -0.1) is 0 Å². The highest BCUT2D eigenvalue weighted by Gasteiger charge is 2.25. The molecule has 0 heterocycles. The Morgan fingerprint density at radius 1 is 0.291 bits per heavy atom. The maximum Gasteiger partial charge on any atom is 0.361 e. The second-order valence-corrected chi connectivity index (χ2v) is 28.0. The zero-order chi connectivity index (χ0) is 74.6. The van der Waals surface area contributed by atoms with Crippen LogP contribution in [0.4, 0.5) is 0 Å². The van der Waals surface area contributed by atoms with E-state index in [-0.39, 0.29) is 38.6 Å². The molecular formula is C94H152NO8+. The Labute approximate surface area is 633 Å². The minimum absolute atomic E-state index is 0.175. The van der Waals surface area contributed by atoms with Crippen LogP contribution in [0.3, 0.4) is 0 Å². The monoisotopic (exact) mass is 1420 g/mol. The van der Waals surface area contributed by atoms with E-state index in [4.69, 9.17) is 18.9 Å². The molecule has 580 valence electrons. The van der Waals surface area contributed by atoms with Crippen LogP contribution < -0.4 is 0 Å². The van der Waals surface area contributed by atoms with Crippen molar-refractivity contribution in [1.82, 2.24) is 0 Å². The van der Waals surface area contributed by atoms with Gasteiger partial charge in [-0.2, -0.15) is 0 Å². The molecule has 0 bridgehead atoms. The molecular weight excluding hydrogens is 1270 g/mol. The molecule has 9 heteroatoms. The van der Waals surface area contributed by atoms with Crippen molar-refractivity contribution in [3.8, 4) is 0 Å². The summed E-state index contributed by atoms with van der Waals surface area (Å²) in [5.74, 6) is -2.04. The lowest BCUT2D eigenvalue weighted by Gasteiger charge is -2.25. The van der Waals surface area contributed by atoms with Gasteiger partial charge < -0.3 is 28.5 Å². The summed E-state index contributed by atoms with van der Waals surface area (Å²) >= 11 is 0. The molecule has 1 N–H and O–H groups in total. The minimum Gasteiger partial charge on any atom is -0.477 e. The van der Waals surface area contributed by atoms with E-state index in [1.807, 2.05) is 21.1 Å². The van der Waals surface area contributed by atoms with Crippen LogP contribution in [-0.4, -0.2) is 87.4 Å². The minimum atomic E-state index is -1.53. The first-order valence-corrected chi connectivity index (χ1v) is 41.2. The number of quaternary nitrogens is 1. The number of rotatable bonds is 74.